The highest BCUT2D eigenvalue weighted by Gasteiger charge is 2.02. The molecule has 0 atom stereocenters. The van der Waals surface area contributed by atoms with Crippen LogP contribution in [0, 0.1) is 0 Å². The van der Waals surface area contributed by atoms with Crippen molar-refractivity contribution in [2.24, 2.45) is 0 Å². The molecule has 2 aromatic carbocycles. The summed E-state index contributed by atoms with van der Waals surface area (Å²) in [6.07, 6.45) is 0.388. The van der Waals surface area contributed by atoms with E-state index in [1.807, 2.05) is 59.3 Å². The second-order valence-electron chi connectivity index (χ2n) is 3.94. The largest absolute Gasteiger partial charge is 0.508 e. The molecule has 0 fully saturated rings. The summed E-state index contributed by atoms with van der Waals surface area (Å²) in [7, 11) is 0. The number of aromatic hydroxyl groups is 1. The van der Waals surface area contributed by atoms with Gasteiger partial charge in [0.05, 0.1) is 29.3 Å². The number of phenols is 1. The quantitative estimate of drug-likeness (QED) is 0.658. The van der Waals surface area contributed by atoms with Gasteiger partial charge in [-0.05, 0) is 28.8 Å². The second-order valence-corrected chi connectivity index (χ2v) is 4.48. The molecule has 0 heterocycles. The minimum Gasteiger partial charge on any atom is -0.508 e. The van der Waals surface area contributed by atoms with Crippen molar-refractivity contribution in [2.45, 2.75) is 6.42 Å². The Balaban J connectivity index is 2.17. The zero-order valence-electron chi connectivity index (χ0n) is 9.56. The first-order valence-electron chi connectivity index (χ1n) is 5.47. The van der Waals surface area contributed by atoms with Crippen LogP contribution in [-0.4, -0.2) is 11.0 Å². The molecule has 2 aromatic rings. The number of rotatable bonds is 3. The SMILES string of the molecule is O=C(Cc1ccc(-c2ccc(O)cc2)cc1)NI. The zero-order chi connectivity index (χ0) is 13.0. The first kappa shape index (κ1) is 12.9. The lowest BCUT2D eigenvalue weighted by Gasteiger charge is -2.04. The van der Waals surface area contributed by atoms with Gasteiger partial charge in [-0.25, -0.2) is 0 Å². The Hall–Kier alpha value is -1.56. The molecule has 0 saturated heterocycles. The maximum atomic E-state index is 11.2. The Kier molecular flexibility index (Phi) is 4.19. The Bertz CT molecular complexity index is 535. The van der Waals surface area contributed by atoms with Crippen LogP contribution < -0.4 is 3.53 Å². The number of hydrogen-bond acceptors (Lipinski definition) is 2. The summed E-state index contributed by atoms with van der Waals surface area (Å²) in [6.45, 7) is 0. The third kappa shape index (κ3) is 3.22. The van der Waals surface area contributed by atoms with Crippen LogP contribution in [0.25, 0.3) is 11.1 Å². The van der Waals surface area contributed by atoms with Gasteiger partial charge >= 0.3 is 0 Å². The Labute approximate surface area is 119 Å². The summed E-state index contributed by atoms with van der Waals surface area (Å²) in [4.78, 5) is 11.2. The van der Waals surface area contributed by atoms with Crippen molar-refractivity contribution < 1.29 is 9.90 Å². The number of hydrogen-bond donors (Lipinski definition) is 2. The van der Waals surface area contributed by atoms with Crippen molar-refractivity contribution in [1.29, 1.82) is 0 Å². The second kappa shape index (κ2) is 5.86. The van der Waals surface area contributed by atoms with Gasteiger partial charge in [0.15, 0.2) is 0 Å². The van der Waals surface area contributed by atoms with E-state index in [0.29, 0.717) is 6.42 Å². The van der Waals surface area contributed by atoms with E-state index in [9.17, 15) is 9.90 Å². The average molecular weight is 353 g/mol. The van der Waals surface area contributed by atoms with Crippen LogP contribution in [-0.2, 0) is 11.2 Å². The van der Waals surface area contributed by atoms with E-state index in [1.165, 1.54) is 0 Å². The van der Waals surface area contributed by atoms with Crippen LogP contribution in [0.1, 0.15) is 5.56 Å². The molecule has 92 valence electrons. The first-order valence-corrected chi connectivity index (χ1v) is 6.55. The highest BCUT2D eigenvalue weighted by molar-refractivity contribution is 14.1. The van der Waals surface area contributed by atoms with Gasteiger partial charge < -0.3 is 5.11 Å². The number of phenolic OH excluding ortho intramolecular Hbond substituents is 1. The molecular formula is C14H12INO2. The molecule has 2 N–H and O–H groups in total. The minimum atomic E-state index is -0.00650. The molecule has 0 aliphatic carbocycles. The van der Waals surface area contributed by atoms with Crippen LogP contribution in [0.4, 0.5) is 0 Å². The maximum absolute atomic E-state index is 11.2. The van der Waals surface area contributed by atoms with Crippen molar-refractivity contribution in [2.75, 3.05) is 0 Å². The van der Waals surface area contributed by atoms with Gasteiger partial charge in [-0.2, -0.15) is 0 Å². The van der Waals surface area contributed by atoms with Crippen molar-refractivity contribution in [3.05, 3.63) is 54.1 Å². The number of carbonyl (C=O) groups is 1. The van der Waals surface area contributed by atoms with Gasteiger partial charge in [0, 0.05) is 0 Å². The molecule has 0 radical (unpaired) electrons. The fraction of sp³-hybridized carbons (Fsp3) is 0.0714. The molecule has 0 aliphatic rings. The van der Waals surface area contributed by atoms with Gasteiger partial charge in [-0.15, -0.1) is 0 Å². The number of carbonyl (C=O) groups excluding carboxylic acids is 1. The van der Waals surface area contributed by atoms with Crippen LogP contribution >= 0.6 is 22.9 Å². The Morgan fingerprint density at radius 1 is 1.00 bits per heavy atom. The fourth-order valence-corrected chi connectivity index (χ4v) is 1.88. The van der Waals surface area contributed by atoms with E-state index >= 15 is 0 Å². The van der Waals surface area contributed by atoms with Crippen molar-refractivity contribution in [3.8, 4) is 16.9 Å². The topological polar surface area (TPSA) is 49.3 Å². The highest BCUT2D eigenvalue weighted by Crippen LogP contribution is 2.22. The summed E-state index contributed by atoms with van der Waals surface area (Å²) >= 11 is 1.84. The average Bonchev–Trinajstić information content (AvgIpc) is 2.40. The van der Waals surface area contributed by atoms with Crippen LogP contribution in [0.15, 0.2) is 48.5 Å². The lowest BCUT2D eigenvalue weighted by atomic mass is 10.0. The summed E-state index contributed by atoms with van der Waals surface area (Å²) < 4.78 is 2.57. The predicted molar refractivity (Wildman–Crippen MR) is 79.4 cm³/mol. The molecule has 0 saturated carbocycles. The maximum Gasteiger partial charge on any atom is 0.233 e. The lowest BCUT2D eigenvalue weighted by Crippen LogP contribution is -2.14. The number of amides is 1. The molecular weight excluding hydrogens is 341 g/mol. The summed E-state index contributed by atoms with van der Waals surface area (Å²) in [5.74, 6) is 0.252. The minimum absolute atomic E-state index is 0.00650. The zero-order valence-corrected chi connectivity index (χ0v) is 11.7. The smallest absolute Gasteiger partial charge is 0.233 e. The molecule has 0 aliphatic heterocycles. The van der Waals surface area contributed by atoms with E-state index < -0.39 is 0 Å². The van der Waals surface area contributed by atoms with E-state index in [-0.39, 0.29) is 11.7 Å². The predicted octanol–water partition coefficient (Wildman–Crippen LogP) is 3.07. The monoisotopic (exact) mass is 353 g/mol. The molecule has 4 heteroatoms. The summed E-state index contributed by atoms with van der Waals surface area (Å²) in [5, 5.41) is 9.23. The third-order valence-electron chi connectivity index (χ3n) is 2.62. The molecule has 3 nitrogen and oxygen atoms in total. The third-order valence-corrected chi connectivity index (χ3v) is 3.23. The first-order chi connectivity index (χ1) is 8.69. The molecule has 0 spiro atoms. The van der Waals surface area contributed by atoms with E-state index in [0.717, 1.165) is 16.7 Å². The van der Waals surface area contributed by atoms with Gasteiger partial charge in [-0.3, -0.25) is 8.32 Å². The van der Waals surface area contributed by atoms with Gasteiger partial charge in [0.1, 0.15) is 5.75 Å². The molecule has 2 rings (SSSR count). The van der Waals surface area contributed by atoms with Crippen molar-refractivity contribution in [1.82, 2.24) is 3.53 Å². The summed E-state index contributed by atoms with van der Waals surface area (Å²) in [6, 6.07) is 14.9. The molecule has 18 heavy (non-hydrogen) atoms. The lowest BCUT2D eigenvalue weighted by molar-refractivity contribution is -0.118. The Morgan fingerprint density at radius 2 is 1.50 bits per heavy atom. The van der Waals surface area contributed by atoms with Crippen molar-refractivity contribution in [3.63, 3.8) is 0 Å². The van der Waals surface area contributed by atoms with Crippen LogP contribution in [0.2, 0.25) is 0 Å². The van der Waals surface area contributed by atoms with E-state index in [1.54, 1.807) is 12.1 Å². The fourth-order valence-electron chi connectivity index (χ4n) is 1.69. The summed E-state index contributed by atoms with van der Waals surface area (Å²) in [5.41, 5.74) is 3.08. The molecule has 0 aromatic heterocycles. The number of halogens is 1. The molecule has 1 amide bonds. The van der Waals surface area contributed by atoms with Gasteiger partial charge in [0.25, 0.3) is 0 Å². The van der Waals surface area contributed by atoms with E-state index in [4.69, 9.17) is 0 Å². The van der Waals surface area contributed by atoms with Crippen molar-refractivity contribution >= 4 is 28.8 Å². The molecule has 0 bridgehead atoms. The number of nitrogens with one attached hydrogen (secondary N) is 1. The standard InChI is InChI=1S/C14H12INO2/c15-16-14(18)9-10-1-3-11(4-2-10)12-5-7-13(17)8-6-12/h1-8,17H,9H2,(H,16,18). The van der Waals surface area contributed by atoms with Gasteiger partial charge in [0.2, 0.25) is 5.91 Å². The Morgan fingerprint density at radius 3 is 2.00 bits per heavy atom. The van der Waals surface area contributed by atoms with Crippen LogP contribution in [0.3, 0.4) is 0 Å². The highest BCUT2D eigenvalue weighted by atomic mass is 127. The number of benzene rings is 2. The van der Waals surface area contributed by atoms with Gasteiger partial charge in [-0.1, -0.05) is 36.4 Å². The van der Waals surface area contributed by atoms with Crippen LogP contribution in [0.5, 0.6) is 5.75 Å². The molecule has 0 unspecified atom stereocenters. The normalized spacial score (nSPS) is 10.1. The van der Waals surface area contributed by atoms with E-state index in [2.05, 4.69) is 3.53 Å².